The number of nitrogens with one attached hydrogen (secondary N) is 1. The van der Waals surface area contributed by atoms with Gasteiger partial charge in [-0.15, -0.1) is 0 Å². The van der Waals surface area contributed by atoms with E-state index >= 15 is 0 Å². The molecular formula is C19H21N7O2. The fraction of sp³-hybridized carbons (Fsp3) is 0.421. The zero-order valence-corrected chi connectivity index (χ0v) is 15.3. The number of primary amides is 1. The molecule has 2 aromatic heterocycles. The van der Waals surface area contributed by atoms with Crippen molar-refractivity contribution >= 4 is 34.9 Å². The first-order valence-electron chi connectivity index (χ1n) is 9.30. The van der Waals surface area contributed by atoms with Crippen LogP contribution in [0.15, 0.2) is 18.5 Å². The first-order valence-corrected chi connectivity index (χ1v) is 9.30. The second kappa shape index (κ2) is 7.31. The number of carbonyl (C=O) groups excluding carboxylic acids is 2. The quantitative estimate of drug-likeness (QED) is 0.750. The summed E-state index contributed by atoms with van der Waals surface area (Å²) in [5.74, 6) is 0.424. The molecule has 0 aromatic carbocycles. The molecule has 1 aliphatic heterocycles. The van der Waals surface area contributed by atoms with Crippen LogP contribution < -0.4 is 10.6 Å². The number of nitrogens with zero attached hydrogens (tertiary/aromatic N) is 5. The number of hydrogen-bond donors (Lipinski definition) is 2. The summed E-state index contributed by atoms with van der Waals surface area (Å²) in [4.78, 5) is 39.6. The number of piperazine rings is 1. The van der Waals surface area contributed by atoms with Gasteiger partial charge in [-0.3, -0.25) is 9.59 Å². The Morgan fingerprint density at radius 2 is 2.04 bits per heavy atom. The Balaban J connectivity index is 1.42. The molecule has 28 heavy (non-hydrogen) atoms. The number of aromatic nitrogens is 3. The molecule has 3 N–H and O–H groups in total. The molecule has 0 radical (unpaired) electrons. The summed E-state index contributed by atoms with van der Waals surface area (Å²) in [7, 11) is 0. The lowest BCUT2D eigenvalue weighted by Gasteiger charge is -2.39. The van der Waals surface area contributed by atoms with Gasteiger partial charge in [0.1, 0.15) is 11.3 Å². The molecule has 4 rings (SSSR count). The molecule has 2 aromatic rings. The minimum absolute atomic E-state index is 0.00630. The number of amides is 2. The second-order valence-electron chi connectivity index (χ2n) is 7.21. The Morgan fingerprint density at radius 3 is 2.71 bits per heavy atom. The Kier molecular flexibility index (Phi) is 4.69. The van der Waals surface area contributed by atoms with Crippen LogP contribution >= 0.6 is 0 Å². The lowest BCUT2D eigenvalue weighted by atomic mass is 9.75. The van der Waals surface area contributed by atoms with Crippen molar-refractivity contribution in [3.8, 4) is 6.07 Å². The lowest BCUT2D eigenvalue weighted by molar-refractivity contribution is -0.139. The highest BCUT2D eigenvalue weighted by atomic mass is 16.2. The molecule has 1 aliphatic carbocycles. The van der Waals surface area contributed by atoms with Crippen LogP contribution in [-0.4, -0.2) is 57.8 Å². The summed E-state index contributed by atoms with van der Waals surface area (Å²) < 4.78 is 0. The summed E-state index contributed by atoms with van der Waals surface area (Å²) in [6.45, 7) is 2.62. The number of aromatic amines is 1. The first kappa shape index (κ1) is 18.0. The van der Waals surface area contributed by atoms with E-state index in [1.165, 1.54) is 6.08 Å². The maximum atomic E-state index is 12.5. The minimum atomic E-state index is -0.521. The zero-order chi connectivity index (χ0) is 19.7. The number of H-pyrrole nitrogens is 1. The molecule has 0 bridgehead atoms. The summed E-state index contributed by atoms with van der Waals surface area (Å²) in [5.41, 5.74) is 7.21. The van der Waals surface area contributed by atoms with Gasteiger partial charge >= 0.3 is 0 Å². The summed E-state index contributed by atoms with van der Waals surface area (Å²) >= 11 is 0. The largest absolute Gasteiger partial charge is 0.366 e. The van der Waals surface area contributed by atoms with Crippen LogP contribution in [0.3, 0.4) is 0 Å². The number of anilines is 1. The van der Waals surface area contributed by atoms with E-state index in [0.29, 0.717) is 50.2 Å². The number of nitriles is 1. The number of nitrogens with two attached hydrogens (primary N) is 1. The van der Waals surface area contributed by atoms with Gasteiger partial charge in [-0.1, -0.05) is 0 Å². The van der Waals surface area contributed by atoms with Gasteiger partial charge in [-0.2, -0.15) is 5.26 Å². The van der Waals surface area contributed by atoms with Crippen molar-refractivity contribution in [2.24, 2.45) is 17.6 Å². The lowest BCUT2D eigenvalue weighted by Crippen LogP contribution is -2.52. The molecule has 2 aliphatic rings. The molecular weight excluding hydrogens is 358 g/mol. The predicted octanol–water partition coefficient (Wildman–Crippen LogP) is 0.655. The van der Waals surface area contributed by atoms with E-state index in [9.17, 15) is 9.59 Å². The highest BCUT2D eigenvalue weighted by Crippen LogP contribution is 2.34. The highest BCUT2D eigenvalue weighted by molar-refractivity contribution is 5.93. The van der Waals surface area contributed by atoms with Gasteiger partial charge in [-0.25, -0.2) is 9.97 Å². The maximum absolute atomic E-state index is 12.5. The van der Waals surface area contributed by atoms with Crippen LogP contribution in [0.1, 0.15) is 18.4 Å². The monoisotopic (exact) mass is 379 g/mol. The van der Waals surface area contributed by atoms with Gasteiger partial charge in [-0.05, 0) is 18.9 Å². The van der Waals surface area contributed by atoms with Crippen LogP contribution in [0.25, 0.3) is 17.2 Å². The third-order valence-electron chi connectivity index (χ3n) is 5.41. The zero-order valence-electron chi connectivity index (χ0n) is 15.3. The molecule has 3 heterocycles. The fourth-order valence-corrected chi connectivity index (χ4v) is 3.69. The van der Waals surface area contributed by atoms with Gasteiger partial charge in [0, 0.05) is 55.9 Å². The van der Waals surface area contributed by atoms with Gasteiger partial charge in [0.05, 0.1) is 12.3 Å². The molecule has 1 saturated carbocycles. The van der Waals surface area contributed by atoms with Gasteiger partial charge in [0.25, 0.3) is 0 Å². The molecule has 2 amide bonds. The molecule has 0 spiro atoms. The number of fused-ring (bicyclic) bond motifs is 1. The molecule has 144 valence electrons. The Hall–Kier alpha value is -3.41. The molecule has 2 fully saturated rings. The summed E-state index contributed by atoms with van der Waals surface area (Å²) in [5, 5.41) is 8.87. The van der Waals surface area contributed by atoms with Crippen molar-refractivity contribution in [1.29, 1.82) is 5.26 Å². The van der Waals surface area contributed by atoms with Gasteiger partial charge in [0.15, 0.2) is 5.65 Å². The highest BCUT2D eigenvalue weighted by Gasteiger charge is 2.37. The molecule has 0 unspecified atom stereocenters. The Morgan fingerprint density at radius 1 is 1.29 bits per heavy atom. The maximum Gasteiger partial charge on any atom is 0.241 e. The van der Waals surface area contributed by atoms with Crippen molar-refractivity contribution in [3.63, 3.8) is 0 Å². The van der Waals surface area contributed by atoms with Crippen LogP contribution in [0, 0.1) is 23.2 Å². The molecule has 9 heteroatoms. The number of hydrogen-bond acceptors (Lipinski definition) is 6. The van der Waals surface area contributed by atoms with E-state index in [0.717, 1.165) is 11.4 Å². The fourth-order valence-electron chi connectivity index (χ4n) is 3.69. The summed E-state index contributed by atoms with van der Waals surface area (Å²) in [6, 6.07) is 2.22. The average Bonchev–Trinajstić information content (AvgIpc) is 3.08. The van der Waals surface area contributed by atoms with E-state index in [-0.39, 0.29) is 17.7 Å². The van der Waals surface area contributed by atoms with E-state index in [1.54, 1.807) is 18.5 Å². The minimum Gasteiger partial charge on any atom is -0.366 e. The summed E-state index contributed by atoms with van der Waals surface area (Å²) in [6.07, 6.45) is 7.72. The molecule has 1 saturated heterocycles. The van der Waals surface area contributed by atoms with Crippen molar-refractivity contribution in [1.82, 2.24) is 19.9 Å². The van der Waals surface area contributed by atoms with Crippen molar-refractivity contribution < 1.29 is 9.59 Å². The molecule has 9 nitrogen and oxygen atoms in total. The Bertz CT molecular complexity index is 976. The van der Waals surface area contributed by atoms with E-state index in [4.69, 9.17) is 11.0 Å². The van der Waals surface area contributed by atoms with Gasteiger partial charge < -0.3 is 20.5 Å². The van der Waals surface area contributed by atoms with Crippen LogP contribution in [0.4, 0.5) is 5.82 Å². The van der Waals surface area contributed by atoms with Crippen LogP contribution in [-0.2, 0) is 9.59 Å². The van der Waals surface area contributed by atoms with E-state index in [1.807, 2.05) is 4.90 Å². The first-order chi connectivity index (χ1) is 13.5. The van der Waals surface area contributed by atoms with Crippen LogP contribution in [0.5, 0.6) is 0 Å². The van der Waals surface area contributed by atoms with Crippen molar-refractivity contribution in [3.05, 3.63) is 24.0 Å². The van der Waals surface area contributed by atoms with Crippen molar-refractivity contribution in [2.75, 3.05) is 31.1 Å². The van der Waals surface area contributed by atoms with E-state index in [2.05, 4.69) is 25.9 Å². The normalized spacial score (nSPS) is 22.2. The number of carbonyl (C=O) groups is 2. The van der Waals surface area contributed by atoms with Crippen molar-refractivity contribution in [2.45, 2.75) is 12.8 Å². The van der Waals surface area contributed by atoms with E-state index < -0.39 is 5.91 Å². The average molecular weight is 379 g/mol. The second-order valence-corrected chi connectivity index (χ2v) is 7.21. The topological polar surface area (TPSA) is 132 Å². The predicted molar refractivity (Wildman–Crippen MR) is 103 cm³/mol. The Labute approximate surface area is 161 Å². The third kappa shape index (κ3) is 3.41. The third-order valence-corrected chi connectivity index (χ3v) is 5.41. The molecule has 0 atom stereocenters. The SMILES string of the molecule is N#C[C@H]1C[C@H](C(=O)N2CCN(c3cnc4[nH]cc(/C=C/C(N)=O)c4n3)CC2)C1. The smallest absolute Gasteiger partial charge is 0.241 e. The standard InChI is InChI=1S/C19H21N7O2/c20-9-12-7-14(8-12)19(28)26-5-3-25(4-6-26)16-11-23-18-17(24-16)13(10-22-18)1-2-15(21)27/h1-2,10-12,14H,3-8H2,(H2,21,27)(H,22,23)/b2-1+/t12-,14-. The van der Waals surface area contributed by atoms with Crippen LogP contribution in [0.2, 0.25) is 0 Å². The van der Waals surface area contributed by atoms with Gasteiger partial charge in [0.2, 0.25) is 11.8 Å². The number of rotatable bonds is 4.